The van der Waals surface area contributed by atoms with Crippen LogP contribution in [0.4, 0.5) is 0 Å². The number of hydrogen-bond donors (Lipinski definition) is 0. The summed E-state index contributed by atoms with van der Waals surface area (Å²) in [4.78, 5) is 21.0. The quantitative estimate of drug-likeness (QED) is 0.678. The predicted molar refractivity (Wildman–Crippen MR) is 121 cm³/mol. The molecule has 10 heteroatoms. The van der Waals surface area contributed by atoms with Gasteiger partial charge in [-0.3, -0.25) is 9.69 Å². The van der Waals surface area contributed by atoms with E-state index < -0.39 is 10.0 Å². The van der Waals surface area contributed by atoms with Gasteiger partial charge in [-0.15, -0.1) is 15.7 Å². The average Bonchev–Trinajstić information content (AvgIpc) is 3.46. The van der Waals surface area contributed by atoms with Crippen molar-refractivity contribution in [1.29, 1.82) is 0 Å². The topological polar surface area (TPSA) is 73.3 Å². The standard InChI is InChI=1S/C21H23ClN4O3S2/c22-19-8-7-15(30-19)14-24-10-12-25(13-11-24)21(27)17-5-3-9-26(17)20-16-4-1-2-6-18(16)31(28,29)23-20/h1-2,4,6-8,17H,3,5,9-14H2. The van der Waals surface area contributed by atoms with Crippen molar-refractivity contribution >= 4 is 44.7 Å². The molecule has 4 heterocycles. The maximum Gasteiger partial charge on any atom is 0.285 e. The van der Waals surface area contributed by atoms with Gasteiger partial charge in [0, 0.05) is 49.7 Å². The summed E-state index contributed by atoms with van der Waals surface area (Å²) in [5.41, 5.74) is 0.599. The molecule has 164 valence electrons. The Balaban J connectivity index is 1.27. The van der Waals surface area contributed by atoms with Crippen LogP contribution in [0.3, 0.4) is 0 Å². The molecule has 3 aliphatic rings. The number of sulfonamides is 1. The molecule has 2 aromatic rings. The van der Waals surface area contributed by atoms with E-state index in [0.717, 1.165) is 30.4 Å². The molecule has 0 spiro atoms. The minimum atomic E-state index is -3.70. The zero-order valence-electron chi connectivity index (χ0n) is 16.9. The molecule has 31 heavy (non-hydrogen) atoms. The van der Waals surface area contributed by atoms with Crippen LogP contribution in [0.1, 0.15) is 23.3 Å². The van der Waals surface area contributed by atoms with Gasteiger partial charge in [-0.25, -0.2) is 0 Å². The summed E-state index contributed by atoms with van der Waals surface area (Å²) in [5, 5.41) is 0. The van der Waals surface area contributed by atoms with E-state index in [1.165, 1.54) is 4.88 Å². The van der Waals surface area contributed by atoms with Crippen LogP contribution >= 0.6 is 22.9 Å². The molecule has 7 nitrogen and oxygen atoms in total. The summed E-state index contributed by atoms with van der Waals surface area (Å²) < 4.78 is 29.8. The lowest BCUT2D eigenvalue weighted by Gasteiger charge is -2.37. The number of piperazine rings is 1. The molecular formula is C21H23ClN4O3S2. The molecule has 1 aromatic heterocycles. The van der Waals surface area contributed by atoms with E-state index in [9.17, 15) is 13.2 Å². The first-order chi connectivity index (χ1) is 14.9. The van der Waals surface area contributed by atoms with Crippen LogP contribution in [0.25, 0.3) is 0 Å². The summed E-state index contributed by atoms with van der Waals surface area (Å²) >= 11 is 7.62. The van der Waals surface area contributed by atoms with Gasteiger partial charge in [0.15, 0.2) is 5.84 Å². The van der Waals surface area contributed by atoms with Crippen molar-refractivity contribution < 1.29 is 13.2 Å². The van der Waals surface area contributed by atoms with Gasteiger partial charge in [0.1, 0.15) is 10.9 Å². The zero-order chi connectivity index (χ0) is 21.6. The number of amidine groups is 1. The Labute approximate surface area is 191 Å². The number of amides is 1. The van der Waals surface area contributed by atoms with Gasteiger partial charge in [0.25, 0.3) is 10.0 Å². The van der Waals surface area contributed by atoms with Crippen molar-refractivity contribution in [3.05, 3.63) is 51.2 Å². The van der Waals surface area contributed by atoms with Crippen molar-refractivity contribution in [3.63, 3.8) is 0 Å². The molecule has 0 radical (unpaired) electrons. The zero-order valence-corrected chi connectivity index (χ0v) is 19.3. The van der Waals surface area contributed by atoms with Crippen LogP contribution in [-0.4, -0.2) is 73.6 Å². The maximum absolute atomic E-state index is 13.4. The van der Waals surface area contributed by atoms with E-state index in [0.29, 0.717) is 37.5 Å². The van der Waals surface area contributed by atoms with E-state index in [1.54, 1.807) is 29.5 Å². The highest BCUT2D eigenvalue weighted by atomic mass is 35.5. The minimum absolute atomic E-state index is 0.0702. The normalized spacial score (nSPS) is 23.1. The van der Waals surface area contributed by atoms with E-state index in [-0.39, 0.29) is 16.8 Å². The van der Waals surface area contributed by atoms with Crippen molar-refractivity contribution in [2.45, 2.75) is 30.3 Å². The lowest BCUT2D eigenvalue weighted by Crippen LogP contribution is -2.54. The number of carbonyl (C=O) groups excluding carboxylic acids is 1. The van der Waals surface area contributed by atoms with E-state index in [2.05, 4.69) is 15.4 Å². The summed E-state index contributed by atoms with van der Waals surface area (Å²) in [6.45, 7) is 4.45. The van der Waals surface area contributed by atoms with Crippen LogP contribution in [0.2, 0.25) is 4.34 Å². The number of carbonyl (C=O) groups is 1. The monoisotopic (exact) mass is 478 g/mol. The third-order valence-electron chi connectivity index (χ3n) is 6.11. The van der Waals surface area contributed by atoms with Crippen molar-refractivity contribution in [2.24, 2.45) is 4.40 Å². The molecule has 0 aliphatic carbocycles. The fourth-order valence-electron chi connectivity index (χ4n) is 4.57. The number of benzene rings is 1. The Bertz CT molecular complexity index is 1140. The number of fused-ring (bicyclic) bond motifs is 1. The van der Waals surface area contributed by atoms with Crippen LogP contribution < -0.4 is 0 Å². The molecule has 5 rings (SSSR count). The lowest BCUT2D eigenvalue weighted by atomic mass is 10.1. The second-order valence-corrected chi connectivity index (χ2v) is 11.4. The van der Waals surface area contributed by atoms with Gasteiger partial charge < -0.3 is 9.80 Å². The highest BCUT2D eigenvalue weighted by molar-refractivity contribution is 7.90. The third kappa shape index (κ3) is 4.00. The number of hydrogen-bond acceptors (Lipinski definition) is 6. The van der Waals surface area contributed by atoms with Gasteiger partial charge >= 0.3 is 0 Å². The third-order valence-corrected chi connectivity index (χ3v) is 8.66. The molecule has 1 aromatic carbocycles. The Kier molecular flexibility index (Phi) is 5.54. The first kappa shape index (κ1) is 20.9. The Morgan fingerprint density at radius 3 is 2.61 bits per heavy atom. The van der Waals surface area contributed by atoms with Crippen molar-refractivity contribution in [2.75, 3.05) is 32.7 Å². The number of thiophene rings is 1. The molecule has 0 N–H and O–H groups in total. The van der Waals surface area contributed by atoms with E-state index in [4.69, 9.17) is 11.6 Å². The van der Waals surface area contributed by atoms with E-state index >= 15 is 0 Å². The first-order valence-corrected chi connectivity index (χ1v) is 13.0. The van der Waals surface area contributed by atoms with Crippen LogP contribution in [-0.2, 0) is 21.4 Å². The molecular weight excluding hydrogens is 456 g/mol. The van der Waals surface area contributed by atoms with Gasteiger partial charge in [-0.2, -0.15) is 8.42 Å². The first-order valence-electron chi connectivity index (χ1n) is 10.4. The second-order valence-electron chi connectivity index (χ2n) is 8.04. The average molecular weight is 479 g/mol. The Morgan fingerprint density at radius 1 is 1.10 bits per heavy atom. The van der Waals surface area contributed by atoms with Crippen molar-refractivity contribution in [3.8, 4) is 0 Å². The molecule has 3 aliphatic heterocycles. The van der Waals surface area contributed by atoms with Crippen molar-refractivity contribution in [1.82, 2.24) is 14.7 Å². The number of nitrogens with zero attached hydrogens (tertiary/aromatic N) is 4. The van der Waals surface area contributed by atoms with E-state index in [1.807, 2.05) is 21.9 Å². The molecule has 0 bridgehead atoms. The van der Waals surface area contributed by atoms with Gasteiger partial charge in [-0.1, -0.05) is 23.7 Å². The molecule has 1 atom stereocenters. The molecule has 2 saturated heterocycles. The summed E-state index contributed by atoms with van der Waals surface area (Å²) in [6.07, 6.45) is 1.56. The van der Waals surface area contributed by atoms with Gasteiger partial charge in [0.2, 0.25) is 5.91 Å². The molecule has 2 fully saturated rings. The Morgan fingerprint density at radius 2 is 1.87 bits per heavy atom. The number of likely N-dealkylation sites (tertiary alicyclic amines) is 1. The summed E-state index contributed by atoms with van der Waals surface area (Å²) in [7, 11) is -3.70. The smallest absolute Gasteiger partial charge is 0.285 e. The highest BCUT2D eigenvalue weighted by Crippen LogP contribution is 2.32. The highest BCUT2D eigenvalue weighted by Gasteiger charge is 2.41. The minimum Gasteiger partial charge on any atom is -0.343 e. The summed E-state index contributed by atoms with van der Waals surface area (Å²) in [5.74, 6) is 0.487. The maximum atomic E-state index is 13.4. The molecule has 0 saturated carbocycles. The SMILES string of the molecule is O=C(C1CCCN1C1=NS(=O)(=O)c2ccccc21)N1CCN(Cc2ccc(Cl)s2)CC1. The largest absolute Gasteiger partial charge is 0.343 e. The second kappa shape index (κ2) is 8.20. The number of rotatable bonds is 3. The number of halogens is 1. The molecule has 1 amide bonds. The fraction of sp³-hybridized carbons (Fsp3) is 0.429. The Hall–Kier alpha value is -1.94. The predicted octanol–water partition coefficient (Wildman–Crippen LogP) is 2.66. The summed E-state index contributed by atoms with van der Waals surface area (Å²) in [6, 6.07) is 10.5. The lowest BCUT2D eigenvalue weighted by molar-refractivity contribution is -0.136. The van der Waals surface area contributed by atoms with Crippen LogP contribution in [0.5, 0.6) is 0 Å². The van der Waals surface area contributed by atoms with Gasteiger partial charge in [0.05, 0.1) is 4.34 Å². The van der Waals surface area contributed by atoms with Crippen LogP contribution in [0.15, 0.2) is 45.7 Å². The van der Waals surface area contributed by atoms with Gasteiger partial charge in [-0.05, 0) is 37.1 Å². The molecule has 1 unspecified atom stereocenters. The fourth-order valence-corrected chi connectivity index (χ4v) is 6.91. The van der Waals surface area contributed by atoms with Crippen LogP contribution in [0, 0.1) is 0 Å².